The SMILES string of the molecule is COC(=O)CN(C(=O)[C@H]1CC=CCC1)C(C)C. The summed E-state index contributed by atoms with van der Waals surface area (Å²) in [6, 6.07) is 0.0208. The lowest BCUT2D eigenvalue weighted by Crippen LogP contribution is -2.44. The summed E-state index contributed by atoms with van der Waals surface area (Å²) in [4.78, 5) is 25.2. The zero-order valence-corrected chi connectivity index (χ0v) is 10.8. The third kappa shape index (κ3) is 3.88. The molecule has 1 atom stereocenters. The third-order valence-electron chi connectivity index (χ3n) is 3.05. The molecule has 0 aromatic rings. The monoisotopic (exact) mass is 239 g/mol. The van der Waals surface area contributed by atoms with Crippen LogP contribution >= 0.6 is 0 Å². The minimum Gasteiger partial charge on any atom is -0.468 e. The second kappa shape index (κ2) is 6.42. The highest BCUT2D eigenvalue weighted by atomic mass is 16.5. The van der Waals surface area contributed by atoms with Crippen molar-refractivity contribution in [3.63, 3.8) is 0 Å². The Morgan fingerprint density at radius 2 is 2.12 bits per heavy atom. The molecule has 0 saturated carbocycles. The second-order valence-electron chi connectivity index (χ2n) is 4.62. The van der Waals surface area contributed by atoms with E-state index in [1.54, 1.807) is 4.90 Å². The number of esters is 1. The van der Waals surface area contributed by atoms with Crippen molar-refractivity contribution >= 4 is 11.9 Å². The summed E-state index contributed by atoms with van der Waals surface area (Å²) < 4.78 is 4.62. The number of allylic oxidation sites excluding steroid dienone is 2. The van der Waals surface area contributed by atoms with Gasteiger partial charge < -0.3 is 9.64 Å². The summed E-state index contributed by atoms with van der Waals surface area (Å²) in [6.07, 6.45) is 6.75. The fourth-order valence-corrected chi connectivity index (χ4v) is 1.97. The normalized spacial score (nSPS) is 19.2. The van der Waals surface area contributed by atoms with Gasteiger partial charge in [0.2, 0.25) is 5.91 Å². The quantitative estimate of drug-likeness (QED) is 0.554. The molecule has 0 N–H and O–H groups in total. The number of rotatable bonds is 4. The van der Waals surface area contributed by atoms with Crippen LogP contribution in [-0.2, 0) is 14.3 Å². The molecule has 0 aromatic heterocycles. The lowest BCUT2D eigenvalue weighted by molar-refractivity contribution is -0.150. The molecule has 1 amide bonds. The summed E-state index contributed by atoms with van der Waals surface area (Å²) in [5.41, 5.74) is 0. The molecule has 1 aliphatic rings. The van der Waals surface area contributed by atoms with Crippen molar-refractivity contribution in [2.45, 2.75) is 39.2 Å². The lowest BCUT2D eigenvalue weighted by atomic mass is 9.92. The summed E-state index contributed by atoms with van der Waals surface area (Å²) in [7, 11) is 1.34. The van der Waals surface area contributed by atoms with Crippen LogP contribution in [0.2, 0.25) is 0 Å². The smallest absolute Gasteiger partial charge is 0.325 e. The van der Waals surface area contributed by atoms with Gasteiger partial charge in [-0.1, -0.05) is 12.2 Å². The van der Waals surface area contributed by atoms with Gasteiger partial charge in [-0.15, -0.1) is 0 Å². The van der Waals surface area contributed by atoms with Gasteiger partial charge in [0.1, 0.15) is 6.54 Å². The number of amides is 1. The fourth-order valence-electron chi connectivity index (χ4n) is 1.97. The van der Waals surface area contributed by atoms with Crippen molar-refractivity contribution in [2.75, 3.05) is 13.7 Å². The number of methoxy groups -OCH3 is 1. The largest absolute Gasteiger partial charge is 0.468 e. The maximum atomic E-state index is 12.3. The topological polar surface area (TPSA) is 46.6 Å². The summed E-state index contributed by atoms with van der Waals surface area (Å²) >= 11 is 0. The molecule has 0 unspecified atom stereocenters. The highest BCUT2D eigenvalue weighted by molar-refractivity contribution is 5.84. The highest BCUT2D eigenvalue weighted by Crippen LogP contribution is 2.21. The molecule has 96 valence electrons. The lowest BCUT2D eigenvalue weighted by Gasteiger charge is -2.30. The highest BCUT2D eigenvalue weighted by Gasteiger charge is 2.27. The Balaban J connectivity index is 2.66. The van der Waals surface area contributed by atoms with Crippen molar-refractivity contribution in [1.82, 2.24) is 4.90 Å². The molecule has 4 heteroatoms. The van der Waals surface area contributed by atoms with Gasteiger partial charge in [-0.3, -0.25) is 9.59 Å². The molecule has 0 spiro atoms. The van der Waals surface area contributed by atoms with Crippen LogP contribution in [0.1, 0.15) is 33.1 Å². The predicted molar refractivity (Wildman–Crippen MR) is 65.3 cm³/mol. The van der Waals surface area contributed by atoms with E-state index in [0.29, 0.717) is 0 Å². The Labute approximate surface area is 103 Å². The minimum absolute atomic E-state index is 0.0204. The minimum atomic E-state index is -0.363. The average molecular weight is 239 g/mol. The molecule has 0 radical (unpaired) electrons. The van der Waals surface area contributed by atoms with Crippen molar-refractivity contribution in [3.05, 3.63) is 12.2 Å². The fraction of sp³-hybridized carbons (Fsp3) is 0.692. The molecule has 0 aromatic carbocycles. The first-order valence-corrected chi connectivity index (χ1v) is 6.08. The summed E-state index contributed by atoms with van der Waals surface area (Å²) in [6.45, 7) is 3.88. The maximum Gasteiger partial charge on any atom is 0.325 e. The van der Waals surface area contributed by atoms with E-state index < -0.39 is 0 Å². The first-order valence-electron chi connectivity index (χ1n) is 6.08. The Kier molecular flexibility index (Phi) is 5.19. The molecule has 1 aliphatic carbocycles. The first kappa shape index (κ1) is 13.7. The summed E-state index contributed by atoms with van der Waals surface area (Å²) in [5.74, 6) is -0.278. The predicted octanol–water partition coefficient (Wildman–Crippen LogP) is 1.75. The van der Waals surface area contributed by atoms with Crippen LogP contribution in [0, 0.1) is 5.92 Å². The van der Waals surface area contributed by atoms with E-state index in [1.807, 2.05) is 19.9 Å². The van der Waals surface area contributed by atoms with E-state index in [1.165, 1.54) is 7.11 Å². The Bertz CT molecular complexity index is 310. The summed E-state index contributed by atoms with van der Waals surface area (Å²) in [5, 5.41) is 0. The van der Waals surface area contributed by atoms with Crippen LogP contribution in [0.3, 0.4) is 0 Å². The number of hydrogen-bond acceptors (Lipinski definition) is 3. The van der Waals surface area contributed by atoms with E-state index in [9.17, 15) is 9.59 Å². The van der Waals surface area contributed by atoms with Crippen LogP contribution in [-0.4, -0.2) is 36.5 Å². The van der Waals surface area contributed by atoms with Gasteiger partial charge in [-0.2, -0.15) is 0 Å². The van der Waals surface area contributed by atoms with Crippen molar-refractivity contribution in [1.29, 1.82) is 0 Å². The van der Waals surface area contributed by atoms with Gasteiger partial charge in [0.25, 0.3) is 0 Å². The number of carbonyl (C=O) groups is 2. The molecule has 17 heavy (non-hydrogen) atoms. The third-order valence-corrected chi connectivity index (χ3v) is 3.05. The van der Waals surface area contributed by atoms with Gasteiger partial charge in [-0.25, -0.2) is 0 Å². The van der Waals surface area contributed by atoms with E-state index in [-0.39, 0.29) is 30.4 Å². The number of carbonyl (C=O) groups excluding carboxylic acids is 2. The second-order valence-corrected chi connectivity index (χ2v) is 4.62. The van der Waals surface area contributed by atoms with Crippen molar-refractivity contribution in [2.24, 2.45) is 5.92 Å². The average Bonchev–Trinajstić information content (AvgIpc) is 2.35. The van der Waals surface area contributed by atoms with Crippen LogP contribution in [0.25, 0.3) is 0 Å². The number of nitrogens with zero attached hydrogens (tertiary/aromatic N) is 1. The van der Waals surface area contributed by atoms with Crippen molar-refractivity contribution < 1.29 is 14.3 Å². The van der Waals surface area contributed by atoms with E-state index in [4.69, 9.17) is 0 Å². The molecule has 1 rings (SSSR count). The number of ether oxygens (including phenoxy) is 1. The van der Waals surface area contributed by atoms with Gasteiger partial charge in [0, 0.05) is 12.0 Å². The van der Waals surface area contributed by atoms with Crippen LogP contribution < -0.4 is 0 Å². The van der Waals surface area contributed by atoms with Gasteiger partial charge >= 0.3 is 5.97 Å². The molecule has 0 aliphatic heterocycles. The standard InChI is InChI=1S/C13H21NO3/c1-10(2)14(9-12(15)17-3)13(16)11-7-5-4-6-8-11/h4-5,10-11H,6-9H2,1-3H3/t11-/m0/s1. The zero-order valence-electron chi connectivity index (χ0n) is 10.8. The van der Waals surface area contributed by atoms with Gasteiger partial charge in [0.05, 0.1) is 7.11 Å². The molecular formula is C13H21NO3. The maximum absolute atomic E-state index is 12.3. The van der Waals surface area contributed by atoms with Crippen LogP contribution in [0.5, 0.6) is 0 Å². The molecule has 0 bridgehead atoms. The Hall–Kier alpha value is -1.32. The molecule has 4 nitrogen and oxygen atoms in total. The number of hydrogen-bond donors (Lipinski definition) is 0. The Morgan fingerprint density at radius 1 is 1.41 bits per heavy atom. The van der Waals surface area contributed by atoms with Gasteiger partial charge in [-0.05, 0) is 33.1 Å². The Morgan fingerprint density at radius 3 is 2.59 bits per heavy atom. The van der Waals surface area contributed by atoms with Crippen molar-refractivity contribution in [3.8, 4) is 0 Å². The van der Waals surface area contributed by atoms with E-state index in [2.05, 4.69) is 10.8 Å². The van der Waals surface area contributed by atoms with E-state index >= 15 is 0 Å². The molecule has 0 fully saturated rings. The van der Waals surface area contributed by atoms with Crippen LogP contribution in [0.4, 0.5) is 0 Å². The molecule has 0 heterocycles. The van der Waals surface area contributed by atoms with Gasteiger partial charge in [0.15, 0.2) is 0 Å². The van der Waals surface area contributed by atoms with E-state index in [0.717, 1.165) is 19.3 Å². The zero-order chi connectivity index (χ0) is 12.8. The van der Waals surface area contributed by atoms with Crippen LogP contribution in [0.15, 0.2) is 12.2 Å². The first-order chi connectivity index (χ1) is 8.06. The molecular weight excluding hydrogens is 218 g/mol. The molecule has 0 saturated heterocycles.